The number of sulfonamides is 1. The van der Waals surface area contributed by atoms with Gasteiger partial charge in [0.25, 0.3) is 10.0 Å². The van der Waals surface area contributed by atoms with Crippen LogP contribution in [0.15, 0.2) is 27.6 Å². The van der Waals surface area contributed by atoms with Crippen molar-refractivity contribution >= 4 is 32.0 Å². The standard InChI is InChI=1S/C13H15BrF3NO4S/c1-12(2,3)22-11(19)18(4)23(20,21)10-6-8(13(15,16)17)5-9(14)7-10/h5-7H,1-4H3. The highest BCUT2D eigenvalue weighted by Gasteiger charge is 2.35. The summed E-state index contributed by atoms with van der Waals surface area (Å²) < 4.78 is 68.1. The highest BCUT2D eigenvalue weighted by atomic mass is 79.9. The maximum Gasteiger partial charge on any atom is 0.424 e. The summed E-state index contributed by atoms with van der Waals surface area (Å²) in [6.45, 7) is 4.60. The summed E-state index contributed by atoms with van der Waals surface area (Å²) in [5.74, 6) is 0. The molecule has 0 bridgehead atoms. The Morgan fingerprint density at radius 1 is 1.17 bits per heavy atom. The van der Waals surface area contributed by atoms with Gasteiger partial charge in [0.15, 0.2) is 0 Å². The van der Waals surface area contributed by atoms with E-state index in [0.717, 1.165) is 19.2 Å². The lowest BCUT2D eigenvalue weighted by Crippen LogP contribution is -2.38. The lowest BCUT2D eigenvalue weighted by Gasteiger charge is -2.24. The number of amides is 1. The Bertz CT molecular complexity index is 711. The van der Waals surface area contributed by atoms with Crippen LogP contribution in [-0.4, -0.2) is 31.5 Å². The fourth-order valence-electron chi connectivity index (χ4n) is 1.46. The summed E-state index contributed by atoms with van der Waals surface area (Å²) in [7, 11) is -3.57. The number of carbonyl (C=O) groups excluding carboxylic acids is 1. The van der Waals surface area contributed by atoms with Gasteiger partial charge < -0.3 is 4.74 Å². The summed E-state index contributed by atoms with van der Waals surface area (Å²) in [4.78, 5) is 11.2. The highest BCUT2D eigenvalue weighted by Crippen LogP contribution is 2.33. The molecule has 0 radical (unpaired) electrons. The predicted octanol–water partition coefficient (Wildman–Crippen LogP) is 4.02. The number of carbonyl (C=O) groups is 1. The molecule has 0 aliphatic rings. The second-order valence-corrected chi connectivity index (χ2v) is 8.51. The third kappa shape index (κ3) is 5.10. The molecular weight excluding hydrogens is 403 g/mol. The van der Waals surface area contributed by atoms with Gasteiger partial charge in [-0.05, 0) is 39.0 Å². The monoisotopic (exact) mass is 417 g/mol. The van der Waals surface area contributed by atoms with Crippen LogP contribution in [0.1, 0.15) is 26.3 Å². The van der Waals surface area contributed by atoms with Crippen molar-refractivity contribution in [1.82, 2.24) is 4.31 Å². The van der Waals surface area contributed by atoms with Crippen LogP contribution in [0.2, 0.25) is 0 Å². The molecule has 0 fully saturated rings. The van der Waals surface area contributed by atoms with Gasteiger partial charge in [-0.25, -0.2) is 17.5 Å². The number of alkyl halides is 3. The molecule has 0 spiro atoms. The Labute approximate surface area is 140 Å². The molecule has 1 aromatic carbocycles. The van der Waals surface area contributed by atoms with E-state index in [9.17, 15) is 26.4 Å². The fourth-order valence-corrected chi connectivity index (χ4v) is 3.20. The molecule has 0 unspecified atom stereocenters. The Morgan fingerprint density at radius 2 is 1.70 bits per heavy atom. The first-order chi connectivity index (χ1) is 10.1. The van der Waals surface area contributed by atoms with E-state index < -0.39 is 38.4 Å². The van der Waals surface area contributed by atoms with Gasteiger partial charge in [0.05, 0.1) is 10.5 Å². The first-order valence-electron chi connectivity index (χ1n) is 6.24. The zero-order valence-corrected chi connectivity index (χ0v) is 15.1. The van der Waals surface area contributed by atoms with Gasteiger partial charge in [0.2, 0.25) is 0 Å². The van der Waals surface area contributed by atoms with E-state index in [-0.39, 0.29) is 8.78 Å². The average Bonchev–Trinajstić information content (AvgIpc) is 2.33. The van der Waals surface area contributed by atoms with Gasteiger partial charge >= 0.3 is 12.3 Å². The second-order valence-electron chi connectivity index (χ2n) is 5.63. The van der Waals surface area contributed by atoms with Gasteiger partial charge in [-0.2, -0.15) is 13.2 Å². The maximum atomic E-state index is 12.8. The van der Waals surface area contributed by atoms with Gasteiger partial charge in [-0.15, -0.1) is 0 Å². The molecule has 0 saturated heterocycles. The molecule has 5 nitrogen and oxygen atoms in total. The van der Waals surface area contributed by atoms with Gasteiger partial charge in [-0.3, -0.25) is 0 Å². The largest absolute Gasteiger partial charge is 0.443 e. The number of rotatable bonds is 2. The lowest BCUT2D eigenvalue weighted by atomic mass is 10.2. The molecule has 1 aromatic rings. The van der Waals surface area contributed by atoms with E-state index in [4.69, 9.17) is 4.74 Å². The van der Waals surface area contributed by atoms with E-state index in [2.05, 4.69) is 15.9 Å². The SMILES string of the molecule is CN(C(=O)OC(C)(C)C)S(=O)(=O)c1cc(Br)cc(C(F)(F)F)c1. The smallest absolute Gasteiger partial charge is 0.424 e. The molecule has 0 heterocycles. The van der Waals surface area contributed by atoms with Crippen molar-refractivity contribution in [2.45, 2.75) is 37.4 Å². The van der Waals surface area contributed by atoms with Gasteiger partial charge in [0, 0.05) is 11.5 Å². The predicted molar refractivity (Wildman–Crippen MR) is 80.3 cm³/mol. The molecular formula is C13H15BrF3NO4S. The maximum absolute atomic E-state index is 12.8. The molecule has 1 amide bonds. The summed E-state index contributed by atoms with van der Waals surface area (Å²) in [5, 5.41) is 0. The van der Waals surface area contributed by atoms with Crippen LogP contribution in [0, 0.1) is 0 Å². The zero-order chi connectivity index (χ0) is 18.2. The van der Waals surface area contributed by atoms with Crippen molar-refractivity contribution in [3.05, 3.63) is 28.2 Å². The Morgan fingerprint density at radius 3 is 2.13 bits per heavy atom. The third-order valence-electron chi connectivity index (χ3n) is 2.51. The minimum absolute atomic E-state index is 0.0801. The van der Waals surface area contributed by atoms with E-state index in [1.165, 1.54) is 20.8 Å². The number of hydrogen-bond acceptors (Lipinski definition) is 4. The van der Waals surface area contributed by atoms with Crippen LogP contribution >= 0.6 is 15.9 Å². The summed E-state index contributed by atoms with van der Waals surface area (Å²) in [6.07, 6.45) is -5.91. The first-order valence-corrected chi connectivity index (χ1v) is 8.47. The molecule has 0 aromatic heterocycles. The van der Waals surface area contributed by atoms with Crippen LogP contribution in [0.4, 0.5) is 18.0 Å². The van der Waals surface area contributed by atoms with Crippen molar-refractivity contribution in [3.63, 3.8) is 0 Å². The average molecular weight is 418 g/mol. The number of halogens is 4. The second kappa shape index (κ2) is 6.31. The van der Waals surface area contributed by atoms with Gasteiger partial charge in [0.1, 0.15) is 5.60 Å². The fraction of sp³-hybridized carbons (Fsp3) is 0.462. The molecule has 130 valence electrons. The number of ether oxygens (including phenoxy) is 1. The molecule has 1 rings (SSSR count). The van der Waals surface area contributed by atoms with Crippen LogP contribution in [0.5, 0.6) is 0 Å². The molecule has 10 heteroatoms. The zero-order valence-electron chi connectivity index (χ0n) is 12.7. The number of benzene rings is 1. The van der Waals surface area contributed by atoms with Crippen molar-refractivity contribution in [2.24, 2.45) is 0 Å². The molecule has 23 heavy (non-hydrogen) atoms. The lowest BCUT2D eigenvalue weighted by molar-refractivity contribution is -0.137. The van der Waals surface area contributed by atoms with E-state index in [1.807, 2.05) is 0 Å². The number of nitrogens with zero attached hydrogens (tertiary/aromatic N) is 1. The quantitative estimate of drug-likeness (QED) is 0.728. The minimum atomic E-state index is -4.72. The van der Waals surface area contributed by atoms with Crippen LogP contribution in [0.3, 0.4) is 0 Å². The molecule has 0 aliphatic heterocycles. The van der Waals surface area contributed by atoms with E-state index in [1.54, 1.807) is 0 Å². The molecule has 0 saturated carbocycles. The van der Waals surface area contributed by atoms with Crippen molar-refractivity contribution in [2.75, 3.05) is 7.05 Å². The molecule has 0 aliphatic carbocycles. The van der Waals surface area contributed by atoms with E-state index >= 15 is 0 Å². The summed E-state index contributed by atoms with van der Waals surface area (Å²) >= 11 is 2.83. The van der Waals surface area contributed by atoms with Crippen LogP contribution < -0.4 is 0 Å². The van der Waals surface area contributed by atoms with Crippen molar-refractivity contribution < 1.29 is 31.1 Å². The Kier molecular flexibility index (Phi) is 5.42. The molecule has 0 N–H and O–H groups in total. The first kappa shape index (κ1) is 19.8. The van der Waals surface area contributed by atoms with Crippen LogP contribution in [0.25, 0.3) is 0 Å². The topological polar surface area (TPSA) is 63.7 Å². The normalized spacial score (nSPS) is 12.9. The molecule has 0 atom stereocenters. The number of hydrogen-bond donors (Lipinski definition) is 0. The van der Waals surface area contributed by atoms with Crippen LogP contribution in [-0.2, 0) is 20.9 Å². The third-order valence-corrected chi connectivity index (χ3v) is 4.67. The Balaban J connectivity index is 3.28. The van der Waals surface area contributed by atoms with Crippen molar-refractivity contribution in [1.29, 1.82) is 0 Å². The summed E-state index contributed by atoms with van der Waals surface area (Å²) in [6, 6.07) is 2.18. The Hall–Kier alpha value is -1.29. The van der Waals surface area contributed by atoms with Gasteiger partial charge in [-0.1, -0.05) is 15.9 Å². The summed E-state index contributed by atoms with van der Waals surface area (Å²) in [5.41, 5.74) is -2.10. The van der Waals surface area contributed by atoms with Crippen molar-refractivity contribution in [3.8, 4) is 0 Å². The minimum Gasteiger partial charge on any atom is -0.443 e. The van der Waals surface area contributed by atoms with E-state index in [0.29, 0.717) is 6.07 Å². The highest BCUT2D eigenvalue weighted by molar-refractivity contribution is 9.10.